The molecule has 3 rings (SSSR count). The molecule has 0 fully saturated rings. The molecule has 0 atom stereocenters. The molecule has 25 heavy (non-hydrogen) atoms. The molecule has 0 aliphatic rings. The van der Waals surface area contributed by atoms with Crippen LogP contribution in [0.5, 0.6) is 0 Å². The third-order valence-corrected chi connectivity index (χ3v) is 3.61. The number of hydrazone groups is 1. The largest absolute Gasteiger partial charge is 0.378 e. The number of aromatic nitrogens is 4. The summed E-state index contributed by atoms with van der Waals surface area (Å²) in [5, 5.41) is 8.12. The summed E-state index contributed by atoms with van der Waals surface area (Å²) < 4.78 is 1.53. The molecular formula is C17H19N7O. The minimum absolute atomic E-state index is 0.0290. The predicted molar refractivity (Wildman–Crippen MR) is 96.1 cm³/mol. The van der Waals surface area contributed by atoms with Gasteiger partial charge in [-0.3, -0.25) is 4.79 Å². The van der Waals surface area contributed by atoms with E-state index in [1.807, 2.05) is 63.2 Å². The van der Waals surface area contributed by atoms with E-state index in [0.29, 0.717) is 5.78 Å². The van der Waals surface area contributed by atoms with Gasteiger partial charge in [0.25, 0.3) is 5.78 Å². The van der Waals surface area contributed by atoms with Crippen LogP contribution in [-0.4, -0.2) is 45.8 Å². The van der Waals surface area contributed by atoms with Gasteiger partial charge >= 0.3 is 5.91 Å². The van der Waals surface area contributed by atoms with Crippen LogP contribution in [0, 0.1) is 13.8 Å². The number of carbonyl (C=O) groups excluding carboxylic acids is 1. The fourth-order valence-corrected chi connectivity index (χ4v) is 2.34. The van der Waals surface area contributed by atoms with Crippen molar-refractivity contribution in [1.82, 2.24) is 25.0 Å². The lowest BCUT2D eigenvalue weighted by molar-refractivity contribution is 0.0945. The highest BCUT2D eigenvalue weighted by Crippen LogP contribution is 2.11. The monoisotopic (exact) mass is 337 g/mol. The maximum absolute atomic E-state index is 12.1. The number of anilines is 1. The van der Waals surface area contributed by atoms with E-state index in [2.05, 4.69) is 25.6 Å². The van der Waals surface area contributed by atoms with E-state index in [9.17, 15) is 4.79 Å². The quantitative estimate of drug-likeness (QED) is 0.577. The highest BCUT2D eigenvalue weighted by molar-refractivity contribution is 5.91. The summed E-state index contributed by atoms with van der Waals surface area (Å²) >= 11 is 0. The van der Waals surface area contributed by atoms with Gasteiger partial charge in [-0.25, -0.2) is 14.9 Å². The van der Waals surface area contributed by atoms with Crippen molar-refractivity contribution in [2.45, 2.75) is 13.8 Å². The molecule has 0 bridgehead atoms. The maximum Gasteiger partial charge on any atom is 0.311 e. The standard InChI is InChI=1S/C17H19N7O/c1-11-9-12(2)24-17(19-11)20-15(22-24)16(25)21-18-10-13-5-7-14(8-6-13)23(3)4/h5-10H,1-4H3,(H,21,25)/b18-10-. The van der Waals surface area contributed by atoms with Crippen molar-refractivity contribution in [3.8, 4) is 0 Å². The molecule has 128 valence electrons. The summed E-state index contributed by atoms with van der Waals surface area (Å²) in [6.07, 6.45) is 1.57. The summed E-state index contributed by atoms with van der Waals surface area (Å²) in [7, 11) is 3.95. The normalized spacial score (nSPS) is 11.2. The van der Waals surface area contributed by atoms with Crippen molar-refractivity contribution in [2.24, 2.45) is 5.10 Å². The first-order valence-corrected chi connectivity index (χ1v) is 7.76. The molecule has 0 aliphatic carbocycles. The molecular weight excluding hydrogens is 318 g/mol. The number of hydrogen-bond donors (Lipinski definition) is 1. The molecule has 2 aromatic heterocycles. The highest BCUT2D eigenvalue weighted by Gasteiger charge is 2.14. The van der Waals surface area contributed by atoms with Crippen molar-refractivity contribution < 1.29 is 4.79 Å². The summed E-state index contributed by atoms with van der Waals surface area (Å²) in [6.45, 7) is 3.75. The van der Waals surface area contributed by atoms with Gasteiger partial charge in [-0.1, -0.05) is 12.1 Å². The van der Waals surface area contributed by atoms with Gasteiger partial charge in [-0.15, -0.1) is 5.10 Å². The smallest absolute Gasteiger partial charge is 0.311 e. The van der Waals surface area contributed by atoms with Gasteiger partial charge in [-0.2, -0.15) is 10.1 Å². The number of nitrogens with one attached hydrogen (secondary N) is 1. The molecule has 8 nitrogen and oxygen atoms in total. The molecule has 0 saturated heterocycles. The van der Waals surface area contributed by atoms with Crippen LogP contribution in [0.15, 0.2) is 35.4 Å². The fourth-order valence-electron chi connectivity index (χ4n) is 2.34. The lowest BCUT2D eigenvalue weighted by Crippen LogP contribution is -2.19. The Labute approximate surface area is 145 Å². The Morgan fingerprint density at radius 3 is 2.60 bits per heavy atom. The van der Waals surface area contributed by atoms with E-state index in [1.165, 1.54) is 4.52 Å². The van der Waals surface area contributed by atoms with E-state index in [-0.39, 0.29) is 5.82 Å². The molecule has 1 amide bonds. The fraction of sp³-hybridized carbons (Fsp3) is 0.235. The Morgan fingerprint density at radius 2 is 1.92 bits per heavy atom. The molecule has 0 spiro atoms. The number of hydrogen-bond acceptors (Lipinski definition) is 6. The number of benzene rings is 1. The molecule has 0 aliphatic heterocycles. The second-order valence-electron chi connectivity index (χ2n) is 5.87. The van der Waals surface area contributed by atoms with Crippen molar-refractivity contribution in [1.29, 1.82) is 0 Å². The Balaban J connectivity index is 1.71. The number of fused-ring (bicyclic) bond motifs is 1. The lowest BCUT2D eigenvalue weighted by Gasteiger charge is -2.11. The van der Waals surface area contributed by atoms with Gasteiger partial charge in [0.1, 0.15) is 0 Å². The number of carbonyl (C=O) groups is 1. The van der Waals surface area contributed by atoms with Crippen LogP contribution in [0.1, 0.15) is 27.6 Å². The minimum Gasteiger partial charge on any atom is -0.378 e. The zero-order valence-electron chi connectivity index (χ0n) is 14.6. The van der Waals surface area contributed by atoms with Crippen LogP contribution in [0.3, 0.4) is 0 Å². The highest BCUT2D eigenvalue weighted by atomic mass is 16.2. The first-order chi connectivity index (χ1) is 11.9. The average Bonchev–Trinajstić information content (AvgIpc) is 2.99. The summed E-state index contributed by atoms with van der Waals surface area (Å²) in [6, 6.07) is 9.67. The van der Waals surface area contributed by atoms with Gasteiger partial charge in [0.15, 0.2) is 0 Å². The number of rotatable bonds is 4. The molecule has 1 aromatic carbocycles. The van der Waals surface area contributed by atoms with E-state index >= 15 is 0 Å². The van der Waals surface area contributed by atoms with Gasteiger partial charge in [-0.05, 0) is 37.6 Å². The van der Waals surface area contributed by atoms with Gasteiger partial charge in [0, 0.05) is 31.2 Å². The van der Waals surface area contributed by atoms with Crippen LogP contribution in [0.25, 0.3) is 5.78 Å². The molecule has 0 saturated carbocycles. The van der Waals surface area contributed by atoms with E-state index in [1.54, 1.807) is 6.21 Å². The van der Waals surface area contributed by atoms with Crippen molar-refractivity contribution in [3.63, 3.8) is 0 Å². The topological polar surface area (TPSA) is 87.8 Å². The van der Waals surface area contributed by atoms with Crippen LogP contribution in [0.2, 0.25) is 0 Å². The van der Waals surface area contributed by atoms with E-state index < -0.39 is 5.91 Å². The second kappa shape index (κ2) is 6.68. The molecule has 1 N–H and O–H groups in total. The second-order valence-corrected chi connectivity index (χ2v) is 5.87. The van der Waals surface area contributed by atoms with Gasteiger partial charge in [0.2, 0.25) is 5.82 Å². The molecule has 3 aromatic rings. The average molecular weight is 337 g/mol. The predicted octanol–water partition coefficient (Wildman–Crippen LogP) is 1.57. The first-order valence-electron chi connectivity index (χ1n) is 7.76. The van der Waals surface area contributed by atoms with E-state index in [4.69, 9.17) is 0 Å². The minimum atomic E-state index is -0.483. The number of amides is 1. The van der Waals surface area contributed by atoms with Crippen molar-refractivity contribution in [2.75, 3.05) is 19.0 Å². The summed E-state index contributed by atoms with van der Waals surface area (Å²) in [4.78, 5) is 22.6. The number of nitrogens with zero attached hydrogens (tertiary/aromatic N) is 6. The summed E-state index contributed by atoms with van der Waals surface area (Å²) in [5.41, 5.74) is 6.08. The molecule has 0 unspecified atom stereocenters. The summed E-state index contributed by atoms with van der Waals surface area (Å²) in [5.74, 6) is -0.0593. The first kappa shape index (κ1) is 16.6. The van der Waals surface area contributed by atoms with Gasteiger partial charge in [0.05, 0.1) is 6.21 Å². The Bertz CT molecular complexity index is 942. The zero-order chi connectivity index (χ0) is 18.0. The molecule has 2 heterocycles. The third-order valence-electron chi connectivity index (χ3n) is 3.61. The SMILES string of the molecule is Cc1cc(C)n2nc(C(=O)N/N=C\c3ccc(N(C)C)cc3)nc2n1. The van der Waals surface area contributed by atoms with E-state index in [0.717, 1.165) is 22.6 Å². The maximum atomic E-state index is 12.1. The lowest BCUT2D eigenvalue weighted by atomic mass is 10.2. The van der Waals surface area contributed by atoms with Crippen LogP contribution < -0.4 is 10.3 Å². The zero-order valence-corrected chi connectivity index (χ0v) is 14.6. The third kappa shape index (κ3) is 3.63. The molecule has 0 radical (unpaired) electrons. The Morgan fingerprint density at radius 1 is 1.20 bits per heavy atom. The van der Waals surface area contributed by atoms with Crippen LogP contribution in [-0.2, 0) is 0 Å². The Kier molecular flexibility index (Phi) is 4.42. The van der Waals surface area contributed by atoms with Crippen molar-refractivity contribution in [3.05, 3.63) is 53.1 Å². The van der Waals surface area contributed by atoms with Crippen LogP contribution in [0.4, 0.5) is 5.69 Å². The van der Waals surface area contributed by atoms with Gasteiger partial charge < -0.3 is 4.90 Å². The number of aryl methyl sites for hydroxylation is 2. The Hall–Kier alpha value is -3.29. The van der Waals surface area contributed by atoms with Crippen LogP contribution >= 0.6 is 0 Å². The van der Waals surface area contributed by atoms with Crippen molar-refractivity contribution >= 4 is 23.6 Å². The molecule has 8 heteroatoms.